The lowest BCUT2D eigenvalue weighted by Crippen LogP contribution is -2.32. The van der Waals surface area contributed by atoms with Crippen LogP contribution in [0.1, 0.15) is 19.8 Å². The van der Waals surface area contributed by atoms with Crippen LogP contribution in [0.3, 0.4) is 0 Å². The maximum Gasteiger partial charge on any atom is 0.247 e. The van der Waals surface area contributed by atoms with Gasteiger partial charge in [-0.3, -0.25) is 4.79 Å². The van der Waals surface area contributed by atoms with Gasteiger partial charge in [-0.25, -0.2) is 0 Å². The zero-order valence-corrected chi connectivity index (χ0v) is 9.84. The van der Waals surface area contributed by atoms with Gasteiger partial charge in [0.25, 0.3) is 0 Å². The molecule has 1 aliphatic rings. The number of likely N-dealkylation sites (N-methyl/N-ethyl adjacent to an activating group) is 1. The van der Waals surface area contributed by atoms with Crippen molar-refractivity contribution in [3.05, 3.63) is 23.3 Å². The molecule has 84 valence electrons. The molecule has 0 saturated carbocycles. The molecule has 0 spiro atoms. The zero-order chi connectivity index (χ0) is 11.3. The van der Waals surface area contributed by atoms with E-state index in [1.807, 2.05) is 27.1 Å². The summed E-state index contributed by atoms with van der Waals surface area (Å²) >= 11 is 0. The van der Waals surface area contributed by atoms with Crippen LogP contribution in [-0.2, 0) is 4.79 Å². The van der Waals surface area contributed by atoms with Crippen LogP contribution in [0.5, 0.6) is 0 Å². The molecule has 0 fully saturated rings. The van der Waals surface area contributed by atoms with Gasteiger partial charge in [-0.15, -0.1) is 0 Å². The van der Waals surface area contributed by atoms with E-state index in [1.165, 1.54) is 5.57 Å². The predicted molar refractivity (Wildman–Crippen MR) is 62.6 cm³/mol. The van der Waals surface area contributed by atoms with Crippen molar-refractivity contribution in [2.45, 2.75) is 19.8 Å². The number of rotatable bonds is 4. The number of allylic oxidation sites excluding steroid dienone is 3. The van der Waals surface area contributed by atoms with Gasteiger partial charge >= 0.3 is 0 Å². The molecule has 0 aromatic heterocycles. The van der Waals surface area contributed by atoms with Gasteiger partial charge in [0.15, 0.2) is 0 Å². The lowest BCUT2D eigenvalue weighted by Gasteiger charge is -2.13. The highest BCUT2D eigenvalue weighted by Crippen LogP contribution is 2.16. The Labute approximate surface area is 91.8 Å². The number of nitrogens with one attached hydrogen (secondary N) is 1. The second-order valence-electron chi connectivity index (χ2n) is 4.22. The summed E-state index contributed by atoms with van der Waals surface area (Å²) in [5, 5.41) is 2.93. The Bertz CT molecular complexity index is 290. The first-order valence-electron chi connectivity index (χ1n) is 5.40. The molecule has 15 heavy (non-hydrogen) atoms. The van der Waals surface area contributed by atoms with E-state index in [2.05, 4.69) is 16.3 Å². The van der Waals surface area contributed by atoms with Gasteiger partial charge in [0.05, 0.1) is 0 Å². The van der Waals surface area contributed by atoms with Crippen LogP contribution in [0, 0.1) is 0 Å². The molecule has 1 rings (SSSR count). The van der Waals surface area contributed by atoms with Crippen LogP contribution >= 0.6 is 0 Å². The molecule has 0 unspecified atom stereocenters. The number of hydrogen-bond acceptors (Lipinski definition) is 2. The van der Waals surface area contributed by atoms with E-state index >= 15 is 0 Å². The molecule has 0 aromatic carbocycles. The van der Waals surface area contributed by atoms with Gasteiger partial charge < -0.3 is 10.2 Å². The second kappa shape index (κ2) is 5.71. The van der Waals surface area contributed by atoms with E-state index in [0.29, 0.717) is 6.54 Å². The summed E-state index contributed by atoms with van der Waals surface area (Å²) < 4.78 is 0. The molecule has 3 nitrogen and oxygen atoms in total. The number of carbonyl (C=O) groups is 1. The van der Waals surface area contributed by atoms with E-state index in [1.54, 1.807) is 0 Å². The van der Waals surface area contributed by atoms with Gasteiger partial charge in [-0.05, 0) is 33.9 Å². The summed E-state index contributed by atoms with van der Waals surface area (Å²) in [6.45, 7) is 3.63. The quantitative estimate of drug-likeness (QED) is 0.756. The van der Waals surface area contributed by atoms with Crippen molar-refractivity contribution in [3.63, 3.8) is 0 Å². The third-order valence-corrected chi connectivity index (χ3v) is 2.42. The summed E-state index contributed by atoms with van der Waals surface area (Å²) in [5.41, 5.74) is 2.10. The van der Waals surface area contributed by atoms with Crippen molar-refractivity contribution in [1.29, 1.82) is 0 Å². The van der Waals surface area contributed by atoms with Crippen molar-refractivity contribution in [2.75, 3.05) is 27.2 Å². The molecule has 1 aliphatic carbocycles. The minimum absolute atomic E-state index is 0.0873. The van der Waals surface area contributed by atoms with Gasteiger partial charge in [-0.1, -0.05) is 17.7 Å². The Morgan fingerprint density at radius 2 is 2.27 bits per heavy atom. The lowest BCUT2D eigenvalue weighted by molar-refractivity contribution is -0.117. The molecule has 1 amide bonds. The van der Waals surface area contributed by atoms with Crippen molar-refractivity contribution < 1.29 is 4.79 Å². The topological polar surface area (TPSA) is 32.3 Å². The van der Waals surface area contributed by atoms with Crippen LogP contribution in [0.25, 0.3) is 0 Å². The van der Waals surface area contributed by atoms with E-state index in [9.17, 15) is 4.79 Å². The van der Waals surface area contributed by atoms with Crippen molar-refractivity contribution in [2.24, 2.45) is 0 Å². The smallest absolute Gasteiger partial charge is 0.247 e. The highest BCUT2D eigenvalue weighted by molar-refractivity contribution is 5.94. The van der Waals surface area contributed by atoms with Crippen LogP contribution in [0.2, 0.25) is 0 Å². The van der Waals surface area contributed by atoms with Gasteiger partial charge in [0.2, 0.25) is 5.91 Å². The predicted octanol–water partition coefficient (Wildman–Crippen LogP) is 1.33. The normalized spacial score (nSPS) is 16.0. The first-order valence-corrected chi connectivity index (χ1v) is 5.40. The second-order valence-corrected chi connectivity index (χ2v) is 4.22. The fourth-order valence-corrected chi connectivity index (χ4v) is 1.55. The molecule has 0 saturated heterocycles. The maximum absolute atomic E-state index is 11.7. The fraction of sp³-hybridized carbons (Fsp3) is 0.583. The number of nitrogens with zero attached hydrogens (tertiary/aromatic N) is 1. The van der Waals surface area contributed by atoms with Gasteiger partial charge in [-0.2, -0.15) is 0 Å². The Hall–Kier alpha value is -1.09. The molecule has 0 aromatic rings. The van der Waals surface area contributed by atoms with E-state index in [-0.39, 0.29) is 5.91 Å². The van der Waals surface area contributed by atoms with Crippen LogP contribution < -0.4 is 5.32 Å². The molecule has 0 aliphatic heterocycles. The van der Waals surface area contributed by atoms with Crippen LogP contribution in [-0.4, -0.2) is 38.0 Å². The Morgan fingerprint density at radius 3 is 2.87 bits per heavy atom. The SMILES string of the molecule is CC1=CCCC(C(=O)NCCN(C)C)=C1. The zero-order valence-electron chi connectivity index (χ0n) is 9.84. The van der Waals surface area contributed by atoms with E-state index < -0.39 is 0 Å². The first kappa shape index (κ1) is 12.0. The maximum atomic E-state index is 11.7. The molecular weight excluding hydrogens is 188 g/mol. The monoisotopic (exact) mass is 208 g/mol. The summed E-state index contributed by atoms with van der Waals surface area (Å²) in [7, 11) is 4.00. The Kier molecular flexibility index (Phi) is 4.56. The summed E-state index contributed by atoms with van der Waals surface area (Å²) in [4.78, 5) is 13.8. The highest BCUT2D eigenvalue weighted by Gasteiger charge is 2.10. The molecule has 0 radical (unpaired) electrons. The average molecular weight is 208 g/mol. The summed E-state index contributed by atoms with van der Waals surface area (Å²) in [5.74, 6) is 0.0873. The van der Waals surface area contributed by atoms with Crippen molar-refractivity contribution in [3.8, 4) is 0 Å². The minimum atomic E-state index is 0.0873. The Morgan fingerprint density at radius 1 is 1.53 bits per heavy atom. The summed E-state index contributed by atoms with van der Waals surface area (Å²) in [6.07, 6.45) is 6.00. The highest BCUT2D eigenvalue weighted by atomic mass is 16.1. The molecule has 3 heteroatoms. The first-order chi connectivity index (χ1) is 7.09. The van der Waals surface area contributed by atoms with Gasteiger partial charge in [0.1, 0.15) is 0 Å². The number of hydrogen-bond donors (Lipinski definition) is 1. The molecule has 0 atom stereocenters. The minimum Gasteiger partial charge on any atom is -0.351 e. The summed E-state index contributed by atoms with van der Waals surface area (Å²) in [6, 6.07) is 0. The number of carbonyl (C=O) groups excluding carboxylic acids is 1. The molecular formula is C12H20N2O. The lowest BCUT2D eigenvalue weighted by atomic mass is 10.00. The third kappa shape index (κ3) is 4.30. The Balaban J connectivity index is 2.37. The van der Waals surface area contributed by atoms with Crippen molar-refractivity contribution >= 4 is 5.91 Å². The molecule has 0 heterocycles. The number of amides is 1. The van der Waals surface area contributed by atoms with Crippen LogP contribution in [0.4, 0.5) is 0 Å². The van der Waals surface area contributed by atoms with E-state index in [4.69, 9.17) is 0 Å². The van der Waals surface area contributed by atoms with Gasteiger partial charge in [0, 0.05) is 18.7 Å². The van der Waals surface area contributed by atoms with Crippen molar-refractivity contribution in [1.82, 2.24) is 10.2 Å². The molecule has 1 N–H and O–H groups in total. The average Bonchev–Trinajstić information content (AvgIpc) is 2.17. The largest absolute Gasteiger partial charge is 0.351 e. The van der Waals surface area contributed by atoms with Crippen LogP contribution in [0.15, 0.2) is 23.3 Å². The standard InChI is InChI=1S/C12H20N2O/c1-10-5-4-6-11(9-10)12(15)13-7-8-14(2)3/h5,9H,4,6-8H2,1-3H3,(H,13,15). The third-order valence-electron chi connectivity index (χ3n) is 2.42. The van der Waals surface area contributed by atoms with E-state index in [0.717, 1.165) is 25.0 Å². The molecule has 0 bridgehead atoms. The fourth-order valence-electron chi connectivity index (χ4n) is 1.55.